The molecule has 0 radical (unpaired) electrons. The summed E-state index contributed by atoms with van der Waals surface area (Å²) in [6, 6.07) is 12.9. The van der Waals surface area contributed by atoms with Gasteiger partial charge in [-0.15, -0.1) is 0 Å². The molecule has 0 saturated carbocycles. The topological polar surface area (TPSA) is 104 Å². The Hall–Kier alpha value is -2.87. The quantitative estimate of drug-likeness (QED) is 0.616. The predicted octanol–water partition coefficient (Wildman–Crippen LogP) is 4.01. The van der Waals surface area contributed by atoms with Crippen LogP contribution in [0.1, 0.15) is 61.8 Å². The van der Waals surface area contributed by atoms with E-state index in [0.717, 1.165) is 6.42 Å². The van der Waals surface area contributed by atoms with Crippen molar-refractivity contribution in [2.24, 2.45) is 0 Å². The maximum absolute atomic E-state index is 12.4. The van der Waals surface area contributed by atoms with E-state index in [-0.39, 0.29) is 17.9 Å². The van der Waals surface area contributed by atoms with Crippen molar-refractivity contribution in [2.75, 3.05) is 10.0 Å². The van der Waals surface area contributed by atoms with Gasteiger partial charge in [-0.1, -0.05) is 6.92 Å². The number of rotatable bonds is 7. The SMILES string of the molecule is CCC(C)NC(=O)c1ccc(NC(=O)c2ccc(NS(=O)(=O)C(C)(C)C)cc2)cc1. The van der Waals surface area contributed by atoms with Crippen molar-refractivity contribution in [1.82, 2.24) is 5.32 Å². The van der Waals surface area contributed by atoms with Crippen LogP contribution in [0, 0.1) is 0 Å². The first kappa shape index (κ1) is 23.4. The fourth-order valence-electron chi connectivity index (χ4n) is 2.32. The summed E-state index contributed by atoms with van der Waals surface area (Å²) in [5, 5.41) is 5.65. The van der Waals surface area contributed by atoms with Gasteiger partial charge in [-0.2, -0.15) is 0 Å². The molecular weight excluding hydrogens is 402 g/mol. The third-order valence-corrected chi connectivity index (χ3v) is 6.72. The Morgan fingerprint density at radius 3 is 1.80 bits per heavy atom. The first-order valence-electron chi connectivity index (χ1n) is 9.77. The molecule has 0 aliphatic carbocycles. The molecule has 2 aromatic rings. The number of hydrogen-bond acceptors (Lipinski definition) is 4. The van der Waals surface area contributed by atoms with E-state index in [0.29, 0.717) is 22.5 Å². The fourth-order valence-corrected chi connectivity index (χ4v) is 3.07. The summed E-state index contributed by atoms with van der Waals surface area (Å²) in [4.78, 5) is 24.6. The summed E-state index contributed by atoms with van der Waals surface area (Å²) in [6.07, 6.45) is 0.844. The molecule has 3 N–H and O–H groups in total. The normalized spacial score (nSPS) is 12.7. The monoisotopic (exact) mass is 431 g/mol. The van der Waals surface area contributed by atoms with Crippen LogP contribution in [0.15, 0.2) is 48.5 Å². The van der Waals surface area contributed by atoms with E-state index in [1.807, 2.05) is 13.8 Å². The number of nitrogens with one attached hydrogen (secondary N) is 3. The first-order valence-corrected chi connectivity index (χ1v) is 11.3. The second-order valence-electron chi connectivity index (χ2n) is 8.11. The van der Waals surface area contributed by atoms with E-state index < -0.39 is 14.8 Å². The maximum Gasteiger partial charge on any atom is 0.255 e. The van der Waals surface area contributed by atoms with Gasteiger partial charge in [0.1, 0.15) is 0 Å². The summed E-state index contributed by atoms with van der Waals surface area (Å²) in [5.41, 5.74) is 1.84. The molecule has 8 heteroatoms. The van der Waals surface area contributed by atoms with Crippen LogP contribution in [0.4, 0.5) is 11.4 Å². The Bertz CT molecular complexity index is 992. The Labute approximate surface area is 178 Å². The smallest absolute Gasteiger partial charge is 0.255 e. The molecular formula is C22H29N3O4S. The van der Waals surface area contributed by atoms with Crippen LogP contribution in [0.5, 0.6) is 0 Å². The van der Waals surface area contributed by atoms with E-state index in [1.165, 1.54) is 0 Å². The van der Waals surface area contributed by atoms with Crippen LogP contribution in [-0.4, -0.2) is 31.0 Å². The van der Waals surface area contributed by atoms with Crippen molar-refractivity contribution in [3.63, 3.8) is 0 Å². The zero-order valence-electron chi connectivity index (χ0n) is 17.9. The molecule has 2 rings (SSSR count). The molecule has 0 heterocycles. The minimum Gasteiger partial charge on any atom is -0.350 e. The fraction of sp³-hybridized carbons (Fsp3) is 0.364. The molecule has 7 nitrogen and oxygen atoms in total. The zero-order chi connectivity index (χ0) is 22.5. The molecule has 1 unspecified atom stereocenters. The summed E-state index contributed by atoms with van der Waals surface area (Å²) in [7, 11) is -3.54. The lowest BCUT2D eigenvalue weighted by Crippen LogP contribution is -2.33. The van der Waals surface area contributed by atoms with Crippen LogP contribution in [0.2, 0.25) is 0 Å². The minimum atomic E-state index is -3.54. The van der Waals surface area contributed by atoms with E-state index >= 15 is 0 Å². The van der Waals surface area contributed by atoms with E-state index in [9.17, 15) is 18.0 Å². The second kappa shape index (κ2) is 9.30. The lowest BCUT2D eigenvalue weighted by molar-refractivity contribution is 0.0938. The Morgan fingerprint density at radius 2 is 1.33 bits per heavy atom. The van der Waals surface area contributed by atoms with E-state index in [4.69, 9.17) is 0 Å². The van der Waals surface area contributed by atoms with Crippen molar-refractivity contribution in [2.45, 2.75) is 51.8 Å². The van der Waals surface area contributed by atoms with Gasteiger partial charge < -0.3 is 10.6 Å². The Kier molecular flexibility index (Phi) is 7.25. The summed E-state index contributed by atoms with van der Waals surface area (Å²) in [5.74, 6) is -0.493. The Balaban J connectivity index is 2.02. The van der Waals surface area contributed by atoms with Crippen molar-refractivity contribution >= 4 is 33.2 Å². The highest BCUT2D eigenvalue weighted by Crippen LogP contribution is 2.20. The molecule has 2 aromatic carbocycles. The van der Waals surface area contributed by atoms with Crippen molar-refractivity contribution in [3.05, 3.63) is 59.7 Å². The van der Waals surface area contributed by atoms with Crippen LogP contribution in [0.25, 0.3) is 0 Å². The number of sulfonamides is 1. The highest BCUT2D eigenvalue weighted by Gasteiger charge is 2.28. The predicted molar refractivity (Wildman–Crippen MR) is 120 cm³/mol. The molecule has 0 spiro atoms. The van der Waals surface area contributed by atoms with Gasteiger partial charge in [0.05, 0.1) is 4.75 Å². The number of benzene rings is 2. The van der Waals surface area contributed by atoms with Crippen LogP contribution < -0.4 is 15.4 Å². The first-order chi connectivity index (χ1) is 13.9. The lowest BCUT2D eigenvalue weighted by atomic mass is 10.1. The van der Waals surface area contributed by atoms with E-state index in [2.05, 4.69) is 15.4 Å². The molecule has 1 atom stereocenters. The van der Waals surface area contributed by atoms with Gasteiger partial charge in [0, 0.05) is 28.5 Å². The maximum atomic E-state index is 12.4. The third-order valence-electron chi connectivity index (χ3n) is 4.60. The van der Waals surface area contributed by atoms with Crippen LogP contribution >= 0.6 is 0 Å². The van der Waals surface area contributed by atoms with Gasteiger partial charge in [-0.3, -0.25) is 14.3 Å². The summed E-state index contributed by atoms with van der Waals surface area (Å²) in [6.45, 7) is 8.75. The van der Waals surface area contributed by atoms with Crippen LogP contribution in [0.3, 0.4) is 0 Å². The Morgan fingerprint density at radius 1 is 0.867 bits per heavy atom. The molecule has 0 saturated heterocycles. The molecule has 0 aliphatic rings. The molecule has 0 aromatic heterocycles. The average Bonchev–Trinajstić information content (AvgIpc) is 2.67. The van der Waals surface area contributed by atoms with Gasteiger partial charge in [0.2, 0.25) is 10.0 Å². The number of carbonyl (C=O) groups is 2. The second-order valence-corrected chi connectivity index (χ2v) is 10.5. The number of hydrogen-bond donors (Lipinski definition) is 3. The third kappa shape index (κ3) is 6.06. The van der Waals surface area contributed by atoms with Gasteiger partial charge in [0.25, 0.3) is 11.8 Å². The minimum absolute atomic E-state index is 0.0905. The number of anilines is 2. The zero-order valence-corrected chi connectivity index (χ0v) is 18.8. The van der Waals surface area contributed by atoms with Crippen molar-refractivity contribution < 1.29 is 18.0 Å². The largest absolute Gasteiger partial charge is 0.350 e. The summed E-state index contributed by atoms with van der Waals surface area (Å²) >= 11 is 0. The highest BCUT2D eigenvalue weighted by molar-refractivity contribution is 7.94. The van der Waals surface area contributed by atoms with Crippen molar-refractivity contribution in [3.8, 4) is 0 Å². The average molecular weight is 432 g/mol. The lowest BCUT2D eigenvalue weighted by Gasteiger charge is -2.20. The molecule has 162 valence electrons. The molecule has 0 bridgehead atoms. The van der Waals surface area contributed by atoms with Gasteiger partial charge in [0.15, 0.2) is 0 Å². The van der Waals surface area contributed by atoms with Crippen LogP contribution in [-0.2, 0) is 10.0 Å². The van der Waals surface area contributed by atoms with Gasteiger partial charge >= 0.3 is 0 Å². The summed E-state index contributed by atoms with van der Waals surface area (Å²) < 4.78 is 26.0. The van der Waals surface area contributed by atoms with Gasteiger partial charge in [-0.25, -0.2) is 8.42 Å². The number of amides is 2. The highest BCUT2D eigenvalue weighted by atomic mass is 32.2. The standard InChI is InChI=1S/C22H29N3O4S/c1-6-15(2)23-20(26)16-7-11-18(12-8-16)24-21(27)17-9-13-19(14-10-17)25-30(28,29)22(3,4)5/h7-15,25H,6H2,1-5H3,(H,23,26)(H,24,27). The molecule has 0 fully saturated rings. The van der Waals surface area contributed by atoms with Gasteiger partial charge in [-0.05, 0) is 82.6 Å². The molecule has 2 amide bonds. The molecule has 30 heavy (non-hydrogen) atoms. The van der Waals surface area contributed by atoms with Crippen molar-refractivity contribution in [1.29, 1.82) is 0 Å². The molecule has 0 aliphatic heterocycles. The van der Waals surface area contributed by atoms with E-state index in [1.54, 1.807) is 69.3 Å². The number of carbonyl (C=O) groups excluding carboxylic acids is 2.